The largest absolute Gasteiger partial charge is 0.480 e. The second-order valence-electron chi connectivity index (χ2n) is 15.8. The number of nitrogens with two attached hydrogens (primary N) is 1. The minimum absolute atomic E-state index is 0.0925. The number of amides is 1. The molecule has 0 radical (unpaired) electrons. The van der Waals surface area contributed by atoms with Crippen LogP contribution in [-0.4, -0.2) is 41.6 Å². The summed E-state index contributed by atoms with van der Waals surface area (Å²) in [5, 5.41) is 11.9. The lowest BCUT2D eigenvalue weighted by Crippen LogP contribution is -2.40. The van der Waals surface area contributed by atoms with E-state index in [1.165, 1.54) is 103 Å². The van der Waals surface area contributed by atoms with Gasteiger partial charge < -0.3 is 20.9 Å². The standard InChI is InChI=1S/C50H88N2O5/c1-3-5-7-9-11-13-14-15-16-17-18-19-20-21-22-23-24-25-26-28-30-32-38-44-49(54)57-46(40-35-31-29-27-12-10-8-6-4-2)41-36-33-34-37-43-48(53)52-47(50(55)56)42-39-45-51/h5,7,11,13,15-16,18-19,35,40,46-47H,3-4,6,8-10,12,14,17,20-34,36-39,41-45,51H2,1-2H3,(H,52,53)(H,55,56)/b7-5-,13-11-,16-15-,19-18-,40-35-. The van der Waals surface area contributed by atoms with Crippen molar-refractivity contribution < 1.29 is 24.2 Å². The molecule has 0 rings (SSSR count). The second-order valence-corrected chi connectivity index (χ2v) is 15.8. The fraction of sp³-hybridized carbons (Fsp3) is 0.740. The van der Waals surface area contributed by atoms with Gasteiger partial charge in [-0.3, -0.25) is 9.59 Å². The maximum Gasteiger partial charge on any atom is 0.326 e. The number of hydrogen-bond donors (Lipinski definition) is 3. The number of ether oxygens (including phenoxy) is 1. The molecule has 0 aliphatic heterocycles. The van der Waals surface area contributed by atoms with Crippen molar-refractivity contribution in [3.05, 3.63) is 60.8 Å². The van der Waals surface area contributed by atoms with Crippen LogP contribution in [0.3, 0.4) is 0 Å². The first kappa shape index (κ1) is 54.1. The summed E-state index contributed by atoms with van der Waals surface area (Å²) in [4.78, 5) is 36.4. The van der Waals surface area contributed by atoms with Crippen LogP contribution in [0.25, 0.3) is 0 Å². The summed E-state index contributed by atoms with van der Waals surface area (Å²) in [5.41, 5.74) is 5.49. The Morgan fingerprint density at radius 2 is 1.02 bits per heavy atom. The maximum absolute atomic E-state index is 12.8. The zero-order valence-corrected chi connectivity index (χ0v) is 36.9. The zero-order valence-electron chi connectivity index (χ0n) is 36.9. The van der Waals surface area contributed by atoms with Crippen molar-refractivity contribution in [2.75, 3.05) is 6.54 Å². The Morgan fingerprint density at radius 3 is 1.56 bits per heavy atom. The van der Waals surface area contributed by atoms with Crippen LogP contribution in [0.15, 0.2) is 60.8 Å². The van der Waals surface area contributed by atoms with Crippen LogP contribution in [0, 0.1) is 0 Å². The first-order valence-electron chi connectivity index (χ1n) is 23.6. The third kappa shape index (κ3) is 41.0. The molecule has 7 heteroatoms. The highest BCUT2D eigenvalue weighted by Gasteiger charge is 2.19. The molecule has 0 fully saturated rings. The number of nitrogens with one attached hydrogen (secondary N) is 1. The average Bonchev–Trinajstić information content (AvgIpc) is 3.20. The Balaban J connectivity index is 4.18. The van der Waals surface area contributed by atoms with E-state index in [1.807, 2.05) is 0 Å². The topological polar surface area (TPSA) is 119 Å². The quantitative estimate of drug-likeness (QED) is 0.0321. The molecule has 0 saturated heterocycles. The Labute approximate surface area is 350 Å². The third-order valence-electron chi connectivity index (χ3n) is 10.3. The molecule has 0 aromatic rings. The molecule has 0 aliphatic carbocycles. The molecule has 0 heterocycles. The lowest BCUT2D eigenvalue weighted by atomic mass is 10.0. The van der Waals surface area contributed by atoms with Gasteiger partial charge in [0.1, 0.15) is 12.1 Å². The highest BCUT2D eigenvalue weighted by molar-refractivity contribution is 5.83. The third-order valence-corrected chi connectivity index (χ3v) is 10.3. The number of unbranched alkanes of at least 4 members (excludes halogenated alkanes) is 20. The molecule has 0 aromatic carbocycles. The van der Waals surface area contributed by atoms with E-state index in [0.717, 1.165) is 70.6 Å². The number of carboxylic acid groups (broad SMARTS) is 1. The predicted octanol–water partition coefficient (Wildman–Crippen LogP) is 13.7. The molecular formula is C50H88N2O5. The van der Waals surface area contributed by atoms with Crippen LogP contribution >= 0.6 is 0 Å². The predicted molar refractivity (Wildman–Crippen MR) is 243 cm³/mol. The summed E-state index contributed by atoms with van der Waals surface area (Å²) in [6, 6.07) is -0.873. The summed E-state index contributed by atoms with van der Waals surface area (Å²) in [7, 11) is 0. The van der Waals surface area contributed by atoms with Crippen molar-refractivity contribution in [3.63, 3.8) is 0 Å². The van der Waals surface area contributed by atoms with Crippen LogP contribution < -0.4 is 11.1 Å². The van der Waals surface area contributed by atoms with Crippen molar-refractivity contribution in [1.82, 2.24) is 5.32 Å². The normalized spacial score (nSPS) is 13.2. The van der Waals surface area contributed by atoms with E-state index in [9.17, 15) is 19.5 Å². The number of aliphatic carboxylic acids is 1. The Hall–Kier alpha value is -2.93. The van der Waals surface area contributed by atoms with Gasteiger partial charge in [-0.25, -0.2) is 4.79 Å². The van der Waals surface area contributed by atoms with Gasteiger partial charge in [0.2, 0.25) is 5.91 Å². The zero-order chi connectivity index (χ0) is 41.7. The van der Waals surface area contributed by atoms with Crippen LogP contribution in [0.2, 0.25) is 0 Å². The summed E-state index contributed by atoms with van der Waals surface area (Å²) >= 11 is 0. The molecule has 0 bridgehead atoms. The number of carboxylic acids is 1. The fourth-order valence-electron chi connectivity index (χ4n) is 6.76. The van der Waals surface area contributed by atoms with Crippen molar-refractivity contribution >= 4 is 17.8 Å². The molecule has 1 amide bonds. The van der Waals surface area contributed by atoms with Gasteiger partial charge in [-0.2, -0.15) is 0 Å². The summed E-state index contributed by atoms with van der Waals surface area (Å²) in [5.74, 6) is -1.33. The lowest BCUT2D eigenvalue weighted by Gasteiger charge is -2.15. The molecule has 0 aliphatic rings. The van der Waals surface area contributed by atoms with Gasteiger partial charge in [-0.05, 0) is 103 Å². The van der Waals surface area contributed by atoms with E-state index in [-0.39, 0.29) is 18.0 Å². The Bertz CT molecular complexity index is 1080. The number of esters is 1. The van der Waals surface area contributed by atoms with Gasteiger partial charge in [0, 0.05) is 12.8 Å². The van der Waals surface area contributed by atoms with Gasteiger partial charge >= 0.3 is 11.9 Å². The molecular weight excluding hydrogens is 709 g/mol. The second kappa shape index (κ2) is 44.2. The van der Waals surface area contributed by atoms with Gasteiger partial charge in [0.05, 0.1) is 0 Å². The fourth-order valence-corrected chi connectivity index (χ4v) is 6.76. The minimum atomic E-state index is -1.02. The molecule has 7 nitrogen and oxygen atoms in total. The van der Waals surface area contributed by atoms with Gasteiger partial charge in [-0.1, -0.05) is 171 Å². The number of carbonyl (C=O) groups is 3. The molecule has 2 unspecified atom stereocenters. The Kier molecular flexibility index (Phi) is 41.9. The van der Waals surface area contributed by atoms with Crippen molar-refractivity contribution in [3.8, 4) is 0 Å². The van der Waals surface area contributed by atoms with E-state index in [0.29, 0.717) is 38.6 Å². The van der Waals surface area contributed by atoms with Crippen LogP contribution in [0.4, 0.5) is 0 Å². The molecule has 57 heavy (non-hydrogen) atoms. The number of hydrogen-bond acceptors (Lipinski definition) is 5. The molecule has 328 valence electrons. The summed E-state index contributed by atoms with van der Waals surface area (Å²) in [6.07, 6.45) is 55.7. The monoisotopic (exact) mass is 797 g/mol. The lowest BCUT2D eigenvalue weighted by molar-refractivity contribution is -0.147. The highest BCUT2D eigenvalue weighted by Crippen LogP contribution is 2.16. The minimum Gasteiger partial charge on any atom is -0.480 e. The van der Waals surface area contributed by atoms with E-state index >= 15 is 0 Å². The summed E-state index contributed by atoms with van der Waals surface area (Å²) in [6.45, 7) is 4.81. The first-order valence-corrected chi connectivity index (χ1v) is 23.6. The van der Waals surface area contributed by atoms with Crippen LogP contribution in [0.5, 0.6) is 0 Å². The highest BCUT2D eigenvalue weighted by atomic mass is 16.5. The van der Waals surface area contributed by atoms with Crippen molar-refractivity contribution in [2.45, 2.75) is 231 Å². The van der Waals surface area contributed by atoms with Crippen LogP contribution in [-0.2, 0) is 19.1 Å². The SMILES string of the molecule is CC/C=C\C/C=C\C/C=C\C/C=C\CCCCCCCCCCCCC(=O)OC(/C=C\CCCCCCCCC)CCCCCCC(=O)NC(CCCN)C(=O)O. The van der Waals surface area contributed by atoms with Gasteiger partial charge in [0.25, 0.3) is 0 Å². The molecule has 0 spiro atoms. The Morgan fingerprint density at radius 1 is 0.544 bits per heavy atom. The molecule has 0 aromatic heterocycles. The average molecular weight is 797 g/mol. The van der Waals surface area contributed by atoms with E-state index in [4.69, 9.17) is 10.5 Å². The number of rotatable bonds is 42. The molecule has 4 N–H and O–H groups in total. The molecule has 2 atom stereocenters. The van der Waals surface area contributed by atoms with Crippen LogP contribution in [0.1, 0.15) is 219 Å². The van der Waals surface area contributed by atoms with E-state index in [2.05, 4.69) is 79.9 Å². The number of carbonyl (C=O) groups excluding carboxylic acids is 2. The summed E-state index contributed by atoms with van der Waals surface area (Å²) < 4.78 is 5.95. The van der Waals surface area contributed by atoms with Crippen molar-refractivity contribution in [1.29, 1.82) is 0 Å². The molecule has 0 saturated carbocycles. The van der Waals surface area contributed by atoms with Gasteiger partial charge in [-0.15, -0.1) is 0 Å². The van der Waals surface area contributed by atoms with E-state index in [1.54, 1.807) is 0 Å². The maximum atomic E-state index is 12.8. The smallest absolute Gasteiger partial charge is 0.326 e. The number of allylic oxidation sites excluding steroid dienone is 9. The van der Waals surface area contributed by atoms with Gasteiger partial charge in [0.15, 0.2) is 0 Å². The van der Waals surface area contributed by atoms with E-state index < -0.39 is 12.0 Å². The first-order chi connectivity index (χ1) is 27.9. The van der Waals surface area contributed by atoms with Crippen molar-refractivity contribution in [2.24, 2.45) is 5.73 Å².